The van der Waals surface area contributed by atoms with E-state index in [1.807, 2.05) is 19.1 Å². The molecule has 3 rings (SSSR count). The number of hydrogen-bond acceptors (Lipinski definition) is 5. The van der Waals surface area contributed by atoms with Crippen LogP contribution in [0.1, 0.15) is 60.6 Å². The molecule has 0 radical (unpaired) electrons. The molecule has 1 fully saturated rings. The highest BCUT2D eigenvalue weighted by Crippen LogP contribution is 2.36. The summed E-state index contributed by atoms with van der Waals surface area (Å²) in [7, 11) is 0. The maximum atomic E-state index is 10.2. The molecule has 5 heteroatoms. The molecule has 1 aliphatic heterocycles. The van der Waals surface area contributed by atoms with Gasteiger partial charge in [-0.05, 0) is 48.1 Å². The number of rotatable bonds is 7. The highest BCUT2D eigenvalue weighted by atomic mass is 16.5. The summed E-state index contributed by atoms with van der Waals surface area (Å²) >= 11 is 0. The van der Waals surface area contributed by atoms with Crippen molar-refractivity contribution in [1.29, 1.82) is 5.26 Å². The number of aliphatic hydroxyl groups excluding tert-OH is 2. The zero-order valence-corrected chi connectivity index (χ0v) is 17.1. The third-order valence-electron chi connectivity index (χ3n) is 5.40. The lowest BCUT2D eigenvalue weighted by atomic mass is 9.91. The Bertz CT molecular complexity index is 856. The van der Waals surface area contributed by atoms with Gasteiger partial charge in [0.25, 0.3) is 0 Å². The topological polar surface area (TPSA) is 82.7 Å². The van der Waals surface area contributed by atoms with E-state index in [1.165, 1.54) is 5.56 Å². The lowest BCUT2D eigenvalue weighted by Crippen LogP contribution is -2.33. The fourth-order valence-electron chi connectivity index (χ4n) is 3.85. The van der Waals surface area contributed by atoms with Crippen molar-refractivity contribution in [2.24, 2.45) is 0 Å². The zero-order valence-electron chi connectivity index (χ0n) is 17.1. The molecular formula is C24H29NO4. The summed E-state index contributed by atoms with van der Waals surface area (Å²) in [6, 6.07) is 14.5. The van der Waals surface area contributed by atoms with E-state index in [-0.39, 0.29) is 18.8 Å². The molecule has 2 N–H and O–H groups in total. The van der Waals surface area contributed by atoms with Crippen LogP contribution in [0, 0.1) is 11.3 Å². The molecule has 154 valence electrons. The average Bonchev–Trinajstić information content (AvgIpc) is 2.74. The lowest BCUT2D eigenvalue weighted by molar-refractivity contribution is -0.113. The van der Waals surface area contributed by atoms with Gasteiger partial charge in [-0.3, -0.25) is 0 Å². The second kappa shape index (κ2) is 9.89. The number of aryl methyl sites for hydroxylation is 1. The second-order valence-corrected chi connectivity index (χ2v) is 7.50. The van der Waals surface area contributed by atoms with Crippen LogP contribution in [-0.2, 0) is 17.6 Å². The molecule has 0 amide bonds. The summed E-state index contributed by atoms with van der Waals surface area (Å²) in [6.45, 7) is 4.34. The lowest BCUT2D eigenvalue weighted by Gasteiger charge is -2.33. The highest BCUT2D eigenvalue weighted by Gasteiger charge is 2.30. The highest BCUT2D eigenvalue weighted by molar-refractivity contribution is 5.53. The number of hydrogen-bond donors (Lipinski definition) is 2. The molecule has 1 heterocycles. The minimum atomic E-state index is -0.526. The number of nitriles is 1. The molecule has 0 saturated carbocycles. The van der Waals surface area contributed by atoms with Crippen molar-refractivity contribution in [3.8, 4) is 11.8 Å². The van der Waals surface area contributed by atoms with E-state index in [1.54, 1.807) is 0 Å². The van der Waals surface area contributed by atoms with Gasteiger partial charge in [-0.15, -0.1) is 0 Å². The Morgan fingerprint density at radius 3 is 2.48 bits per heavy atom. The number of nitrogens with zero attached hydrogens (tertiary/aromatic N) is 1. The van der Waals surface area contributed by atoms with E-state index in [9.17, 15) is 15.5 Å². The van der Waals surface area contributed by atoms with Crippen LogP contribution in [0.5, 0.6) is 5.75 Å². The summed E-state index contributed by atoms with van der Waals surface area (Å²) in [5, 5.41) is 29.5. The predicted octanol–water partition coefficient (Wildman–Crippen LogP) is 3.68. The first-order valence-electron chi connectivity index (χ1n) is 10.3. The number of aliphatic hydroxyl groups is 2. The maximum Gasteiger partial charge on any atom is 0.137 e. The van der Waals surface area contributed by atoms with Gasteiger partial charge in [0.2, 0.25) is 0 Å². The standard InChI is InChI=1S/C24H29NO4/c1-3-16-5-7-17(8-6-16)9-18-10-19(11-24(28-4-2)22(18)14-25)23-13-20(27)12-21(15-26)29-23/h5-8,10-11,20-21,23,26-27H,3-4,9,12-13,15H2,1-2H3. The van der Waals surface area contributed by atoms with Gasteiger partial charge in [0, 0.05) is 12.8 Å². The Morgan fingerprint density at radius 1 is 1.14 bits per heavy atom. The van der Waals surface area contributed by atoms with Crippen LogP contribution in [0.3, 0.4) is 0 Å². The van der Waals surface area contributed by atoms with E-state index in [2.05, 4.69) is 37.3 Å². The Hall–Kier alpha value is -2.39. The van der Waals surface area contributed by atoms with Crippen molar-refractivity contribution in [2.45, 2.75) is 57.8 Å². The van der Waals surface area contributed by atoms with Crippen molar-refractivity contribution < 1.29 is 19.7 Å². The molecule has 3 atom stereocenters. The Balaban J connectivity index is 1.98. The zero-order chi connectivity index (χ0) is 20.8. The van der Waals surface area contributed by atoms with Gasteiger partial charge in [-0.1, -0.05) is 37.3 Å². The van der Waals surface area contributed by atoms with Crippen molar-refractivity contribution in [3.63, 3.8) is 0 Å². The van der Waals surface area contributed by atoms with Gasteiger partial charge in [-0.2, -0.15) is 5.26 Å². The Labute approximate surface area is 172 Å². The van der Waals surface area contributed by atoms with Crippen LogP contribution in [0.4, 0.5) is 0 Å². The van der Waals surface area contributed by atoms with Crippen LogP contribution in [-0.4, -0.2) is 35.6 Å². The SMILES string of the molecule is CCOc1cc(C2CC(O)CC(CO)O2)cc(Cc2ccc(CC)cc2)c1C#N. The van der Waals surface area contributed by atoms with Gasteiger partial charge in [-0.25, -0.2) is 0 Å². The van der Waals surface area contributed by atoms with Crippen molar-refractivity contribution >= 4 is 0 Å². The van der Waals surface area contributed by atoms with Crippen molar-refractivity contribution in [2.75, 3.05) is 13.2 Å². The van der Waals surface area contributed by atoms with Gasteiger partial charge in [0.15, 0.2) is 0 Å². The molecular weight excluding hydrogens is 366 g/mol. The summed E-state index contributed by atoms with van der Waals surface area (Å²) in [5.74, 6) is 0.539. The molecule has 0 aliphatic carbocycles. The van der Waals surface area contributed by atoms with Crippen LogP contribution < -0.4 is 4.74 Å². The summed E-state index contributed by atoms with van der Waals surface area (Å²) < 4.78 is 11.8. The third kappa shape index (κ3) is 5.16. The maximum absolute atomic E-state index is 10.2. The molecule has 5 nitrogen and oxygen atoms in total. The quantitative estimate of drug-likeness (QED) is 0.747. The van der Waals surface area contributed by atoms with Crippen molar-refractivity contribution in [3.05, 3.63) is 64.2 Å². The molecule has 0 spiro atoms. The van der Waals surface area contributed by atoms with Crippen LogP contribution in [0.2, 0.25) is 0 Å². The average molecular weight is 395 g/mol. The van der Waals surface area contributed by atoms with E-state index < -0.39 is 6.10 Å². The van der Waals surface area contributed by atoms with Gasteiger partial charge in [0.05, 0.1) is 37.1 Å². The molecule has 0 aromatic heterocycles. The first kappa shape index (κ1) is 21.3. The molecule has 1 aliphatic rings. The van der Waals surface area contributed by atoms with Crippen LogP contribution in [0.25, 0.3) is 0 Å². The molecule has 2 aromatic rings. The monoisotopic (exact) mass is 395 g/mol. The van der Waals surface area contributed by atoms with Gasteiger partial charge >= 0.3 is 0 Å². The second-order valence-electron chi connectivity index (χ2n) is 7.50. The molecule has 3 unspecified atom stereocenters. The smallest absolute Gasteiger partial charge is 0.137 e. The Morgan fingerprint density at radius 2 is 1.86 bits per heavy atom. The predicted molar refractivity (Wildman–Crippen MR) is 111 cm³/mol. The number of ether oxygens (including phenoxy) is 2. The van der Waals surface area contributed by atoms with E-state index >= 15 is 0 Å². The van der Waals surface area contributed by atoms with Crippen LogP contribution in [0.15, 0.2) is 36.4 Å². The first-order chi connectivity index (χ1) is 14.1. The van der Waals surface area contributed by atoms with Crippen molar-refractivity contribution in [1.82, 2.24) is 0 Å². The van der Waals surface area contributed by atoms with Crippen LogP contribution >= 0.6 is 0 Å². The molecule has 0 bridgehead atoms. The molecule has 1 saturated heterocycles. The van der Waals surface area contributed by atoms with E-state index in [0.717, 1.165) is 23.1 Å². The normalized spacial score (nSPS) is 21.6. The minimum Gasteiger partial charge on any atom is -0.492 e. The fraction of sp³-hybridized carbons (Fsp3) is 0.458. The third-order valence-corrected chi connectivity index (χ3v) is 5.40. The summed E-state index contributed by atoms with van der Waals surface area (Å²) in [4.78, 5) is 0. The molecule has 2 aromatic carbocycles. The molecule has 29 heavy (non-hydrogen) atoms. The Kier molecular flexibility index (Phi) is 7.27. The van der Waals surface area contributed by atoms with Gasteiger partial charge < -0.3 is 19.7 Å². The summed E-state index contributed by atoms with van der Waals surface area (Å²) in [5.41, 5.74) is 4.67. The first-order valence-corrected chi connectivity index (χ1v) is 10.3. The van der Waals surface area contributed by atoms with Gasteiger partial charge in [0.1, 0.15) is 11.8 Å². The van der Waals surface area contributed by atoms with E-state index in [4.69, 9.17) is 9.47 Å². The summed E-state index contributed by atoms with van der Waals surface area (Å²) in [6.07, 6.45) is 1.23. The minimum absolute atomic E-state index is 0.126. The largest absolute Gasteiger partial charge is 0.492 e. The fourth-order valence-corrected chi connectivity index (χ4v) is 3.85. The number of benzene rings is 2. The van der Waals surface area contributed by atoms with E-state index in [0.29, 0.717) is 37.2 Å².